The normalized spacial score (nSPS) is 18.6. The summed E-state index contributed by atoms with van der Waals surface area (Å²) in [6, 6.07) is 25.6. The first-order valence-corrected chi connectivity index (χ1v) is 17.2. The summed E-state index contributed by atoms with van der Waals surface area (Å²) in [5, 5.41) is 40.2. The third-order valence-electron chi connectivity index (χ3n) is 9.92. The second-order valence-corrected chi connectivity index (χ2v) is 15.3. The van der Waals surface area contributed by atoms with Crippen LogP contribution in [0.15, 0.2) is 81.8 Å². The van der Waals surface area contributed by atoms with Crippen LogP contribution in [0.1, 0.15) is 80.4 Å². The zero-order chi connectivity index (χ0) is 35.3. The van der Waals surface area contributed by atoms with Crippen LogP contribution < -0.4 is 0 Å². The highest BCUT2D eigenvalue weighted by atomic mass is 32.1. The fourth-order valence-corrected chi connectivity index (χ4v) is 10.4. The van der Waals surface area contributed by atoms with E-state index in [2.05, 4.69) is 27.7 Å². The van der Waals surface area contributed by atoms with Gasteiger partial charge in [-0.15, -0.1) is 22.7 Å². The Hall–Kier alpha value is -6.30. The number of ketones is 2. The number of carbonyl (C=O) groups is 2. The number of nitrogens with zero attached hydrogens (tertiary/aromatic N) is 6. The molecule has 0 amide bonds. The zero-order valence-corrected chi connectivity index (χ0v) is 28.7. The van der Waals surface area contributed by atoms with Crippen LogP contribution in [0, 0.1) is 45.3 Å². The van der Waals surface area contributed by atoms with E-state index in [9.17, 15) is 30.6 Å². The van der Waals surface area contributed by atoms with E-state index in [0.29, 0.717) is 32.3 Å². The molecule has 0 bridgehead atoms. The van der Waals surface area contributed by atoms with Crippen molar-refractivity contribution in [2.45, 2.75) is 38.5 Å². The number of rotatable bonds is 2. The summed E-state index contributed by atoms with van der Waals surface area (Å²) in [6.07, 6.45) is 0. The lowest BCUT2D eigenvalue weighted by Crippen LogP contribution is -2.16. The van der Waals surface area contributed by atoms with Crippen molar-refractivity contribution >= 4 is 78.0 Å². The molecule has 4 aliphatic carbocycles. The minimum absolute atomic E-state index is 0.0951. The number of Topliss-reactive ketones (excluding diaryl/α,β-unsaturated/α-hetero) is 2. The van der Waals surface area contributed by atoms with Crippen molar-refractivity contribution in [3.63, 3.8) is 0 Å². The lowest BCUT2D eigenvalue weighted by atomic mass is 9.81. The Morgan fingerprint density at radius 1 is 0.580 bits per heavy atom. The predicted octanol–water partition coefficient (Wildman–Crippen LogP) is 8.84. The molecule has 0 saturated heterocycles. The number of nitriles is 4. The number of carbonyl (C=O) groups excluding carboxylic acids is 2. The molecule has 0 spiro atoms. The van der Waals surface area contributed by atoms with Crippen LogP contribution in [0.4, 0.5) is 10.0 Å². The molecule has 2 aromatic heterocycles. The van der Waals surface area contributed by atoms with E-state index in [0.717, 1.165) is 20.9 Å². The number of hydrogen-bond acceptors (Lipinski definition) is 10. The highest BCUT2D eigenvalue weighted by Crippen LogP contribution is 2.67. The van der Waals surface area contributed by atoms with E-state index in [1.54, 1.807) is 48.5 Å². The largest absolute Gasteiger partial charge is 0.287 e. The minimum atomic E-state index is -0.442. The van der Waals surface area contributed by atoms with Crippen molar-refractivity contribution in [2.24, 2.45) is 9.98 Å². The molecule has 0 atom stereocenters. The summed E-state index contributed by atoms with van der Waals surface area (Å²) in [5.41, 5.74) is 5.91. The Labute approximate surface area is 295 Å². The second kappa shape index (κ2) is 10.6. The first kappa shape index (κ1) is 31.0. The maximum absolute atomic E-state index is 13.5. The molecule has 2 heterocycles. The van der Waals surface area contributed by atoms with Gasteiger partial charge in [0.05, 0.1) is 0 Å². The van der Waals surface area contributed by atoms with Gasteiger partial charge in [0.15, 0.2) is 0 Å². The second-order valence-electron chi connectivity index (χ2n) is 13.3. The van der Waals surface area contributed by atoms with Crippen LogP contribution in [0.3, 0.4) is 0 Å². The standard InChI is InChI=1S/C40H22N6O2S2/c1-39(2)25-13-27(45-33-29(19(15-41)16-42)21-9-5-7-11-23(21)35(33)47)49-37(25)32-31(39)38-26(40(32,3)4)14-28(50-38)46-34-30(20(17-43)18-44)22-10-6-8-12-24(22)36(34)48/h5-14H,1-4H3. The molecule has 8 rings (SSSR count). The summed E-state index contributed by atoms with van der Waals surface area (Å²) in [7, 11) is 0. The molecule has 0 unspecified atom stereocenters. The average molecular weight is 683 g/mol. The Morgan fingerprint density at radius 3 is 1.26 bits per heavy atom. The van der Waals surface area contributed by atoms with Gasteiger partial charge < -0.3 is 0 Å². The zero-order valence-electron chi connectivity index (χ0n) is 27.1. The molecule has 50 heavy (non-hydrogen) atoms. The van der Waals surface area contributed by atoms with Gasteiger partial charge in [-0.3, -0.25) is 9.59 Å². The predicted molar refractivity (Wildman–Crippen MR) is 194 cm³/mol. The van der Waals surface area contributed by atoms with E-state index >= 15 is 0 Å². The molecule has 4 aliphatic rings. The van der Waals surface area contributed by atoms with Gasteiger partial charge in [0.25, 0.3) is 0 Å². The Bertz CT molecular complexity index is 2460. The van der Waals surface area contributed by atoms with Gasteiger partial charge in [-0.25, -0.2) is 9.98 Å². The average Bonchev–Trinajstić information content (AvgIpc) is 3.91. The van der Waals surface area contributed by atoms with Crippen LogP contribution in [0.25, 0.3) is 22.3 Å². The van der Waals surface area contributed by atoms with Gasteiger partial charge in [0, 0.05) is 42.9 Å². The molecular weight excluding hydrogens is 661 g/mol. The molecule has 2 aromatic carbocycles. The molecule has 0 saturated carbocycles. The number of allylic oxidation sites excluding steroid dienone is 6. The molecule has 0 radical (unpaired) electrons. The van der Waals surface area contributed by atoms with Gasteiger partial charge in [-0.2, -0.15) is 21.0 Å². The smallest absolute Gasteiger partial charge is 0.212 e. The van der Waals surface area contributed by atoms with Gasteiger partial charge in [-0.05, 0) is 45.5 Å². The Balaban J connectivity index is 1.24. The third-order valence-corrected chi connectivity index (χ3v) is 12.0. The number of hydrogen-bond donors (Lipinski definition) is 0. The monoisotopic (exact) mass is 682 g/mol. The quantitative estimate of drug-likeness (QED) is 0.192. The van der Waals surface area contributed by atoms with Gasteiger partial charge in [0.1, 0.15) is 56.8 Å². The topological polar surface area (TPSA) is 154 Å². The summed E-state index contributed by atoms with van der Waals surface area (Å²) in [5.74, 6) is -0.635. The number of benzene rings is 2. The lowest BCUT2D eigenvalue weighted by Gasteiger charge is -2.23. The fraction of sp³-hybridized carbons (Fsp3) is 0.150. The van der Waals surface area contributed by atoms with Crippen molar-refractivity contribution in [3.8, 4) is 24.3 Å². The molecule has 236 valence electrons. The van der Waals surface area contributed by atoms with Gasteiger partial charge in [-0.1, -0.05) is 76.2 Å². The number of thiophene rings is 2. The summed E-state index contributed by atoms with van der Waals surface area (Å²) < 4.78 is 0. The van der Waals surface area contributed by atoms with Gasteiger partial charge >= 0.3 is 0 Å². The van der Waals surface area contributed by atoms with E-state index < -0.39 is 10.8 Å². The lowest BCUT2D eigenvalue weighted by molar-refractivity contribution is 0.106. The first-order chi connectivity index (χ1) is 24.0. The van der Waals surface area contributed by atoms with E-state index in [-0.39, 0.29) is 45.3 Å². The maximum Gasteiger partial charge on any atom is 0.212 e. The van der Waals surface area contributed by atoms with Crippen LogP contribution >= 0.6 is 22.7 Å². The van der Waals surface area contributed by atoms with E-state index in [1.165, 1.54) is 33.8 Å². The van der Waals surface area contributed by atoms with Crippen molar-refractivity contribution in [2.75, 3.05) is 0 Å². The summed E-state index contributed by atoms with van der Waals surface area (Å²) in [4.78, 5) is 38.8. The van der Waals surface area contributed by atoms with E-state index in [1.807, 2.05) is 36.4 Å². The number of fused-ring (bicyclic) bond motifs is 6. The highest BCUT2D eigenvalue weighted by Gasteiger charge is 2.52. The van der Waals surface area contributed by atoms with Crippen molar-refractivity contribution in [1.29, 1.82) is 21.0 Å². The molecule has 0 aliphatic heterocycles. The Morgan fingerprint density at radius 2 is 0.920 bits per heavy atom. The maximum atomic E-state index is 13.5. The van der Waals surface area contributed by atoms with E-state index in [4.69, 9.17) is 9.98 Å². The van der Waals surface area contributed by atoms with Crippen LogP contribution in [-0.4, -0.2) is 23.0 Å². The van der Waals surface area contributed by atoms with Crippen molar-refractivity contribution < 1.29 is 9.59 Å². The molecule has 8 nitrogen and oxygen atoms in total. The third kappa shape index (κ3) is 3.98. The SMILES string of the molecule is CC1(C)C2=C(c3sc(N=C4C(=O)c5ccccc5C4=C(C#N)C#N)cc31)C(C)(C)c1cc(N=C3C(=O)c4ccccc4C3=C(C#N)C#N)sc12. The Kier molecular flexibility index (Phi) is 6.57. The minimum Gasteiger partial charge on any atom is -0.287 e. The molecule has 0 N–H and O–H groups in total. The number of aliphatic imine (C=N–C) groups is 2. The molecular formula is C40H22N6O2S2. The highest BCUT2D eigenvalue weighted by molar-refractivity contribution is 7.18. The molecule has 4 aromatic rings. The first-order valence-electron chi connectivity index (χ1n) is 15.6. The van der Waals surface area contributed by atoms with Crippen molar-refractivity contribution in [1.82, 2.24) is 0 Å². The summed E-state index contributed by atoms with van der Waals surface area (Å²) in [6.45, 7) is 8.63. The summed E-state index contributed by atoms with van der Waals surface area (Å²) >= 11 is 2.97. The van der Waals surface area contributed by atoms with Crippen LogP contribution in [0.2, 0.25) is 0 Å². The fourth-order valence-electron chi connectivity index (χ4n) is 7.60. The van der Waals surface area contributed by atoms with Crippen LogP contribution in [-0.2, 0) is 10.8 Å². The van der Waals surface area contributed by atoms with Crippen molar-refractivity contribution in [3.05, 3.63) is 115 Å². The molecule has 0 fully saturated rings. The van der Waals surface area contributed by atoms with Gasteiger partial charge in [0.2, 0.25) is 11.6 Å². The molecule has 10 heteroatoms. The van der Waals surface area contributed by atoms with Crippen LogP contribution in [0.5, 0.6) is 0 Å².